The predicted molar refractivity (Wildman–Crippen MR) is 124 cm³/mol. The van der Waals surface area contributed by atoms with E-state index in [0.717, 1.165) is 65.6 Å². The lowest BCUT2D eigenvalue weighted by atomic mass is 9.94. The Bertz CT molecular complexity index is 1260. The van der Waals surface area contributed by atoms with E-state index in [1.54, 1.807) is 12.4 Å². The van der Waals surface area contributed by atoms with Crippen LogP contribution < -0.4 is 15.4 Å². The number of fused-ring (bicyclic) bond motifs is 3. The molecular weight excluding hydrogens is 418 g/mol. The van der Waals surface area contributed by atoms with Crippen molar-refractivity contribution in [2.45, 2.75) is 38.0 Å². The summed E-state index contributed by atoms with van der Waals surface area (Å²) in [7, 11) is 0. The van der Waals surface area contributed by atoms with Crippen LogP contribution in [0.15, 0.2) is 55.1 Å². The average Bonchev–Trinajstić information content (AvgIpc) is 3.22. The highest BCUT2D eigenvalue weighted by Gasteiger charge is 2.33. The lowest BCUT2D eigenvalue weighted by Gasteiger charge is -2.40. The number of aryl methyl sites for hydroxylation is 1. The monoisotopic (exact) mass is 443 g/mol. The molecule has 168 valence electrons. The first kappa shape index (κ1) is 20.1. The molecule has 0 saturated carbocycles. The Hall–Kier alpha value is -3.56. The molecule has 0 aliphatic carbocycles. The molecule has 9 nitrogen and oxygen atoms in total. The topological polar surface area (TPSA) is 98.5 Å². The minimum absolute atomic E-state index is 0.150. The minimum Gasteiger partial charge on any atom is -0.488 e. The van der Waals surface area contributed by atoms with E-state index in [9.17, 15) is 0 Å². The van der Waals surface area contributed by atoms with Crippen molar-refractivity contribution >= 4 is 17.0 Å². The van der Waals surface area contributed by atoms with E-state index in [2.05, 4.69) is 49.1 Å². The van der Waals surface area contributed by atoms with Crippen LogP contribution in [0.5, 0.6) is 5.75 Å². The zero-order chi connectivity index (χ0) is 22.2. The first-order valence-electron chi connectivity index (χ1n) is 11.2. The molecule has 2 aliphatic rings. The van der Waals surface area contributed by atoms with Gasteiger partial charge in [-0.15, -0.1) is 0 Å². The number of nitrogens with zero attached hydrogens (tertiary/aromatic N) is 5. The highest BCUT2D eigenvalue weighted by molar-refractivity contribution is 5.75. The molecule has 33 heavy (non-hydrogen) atoms. The molecule has 2 N–H and O–H groups in total. The van der Waals surface area contributed by atoms with Crippen LogP contribution in [-0.4, -0.2) is 56.2 Å². The summed E-state index contributed by atoms with van der Waals surface area (Å²) in [5, 5.41) is 19.2. The molecule has 0 amide bonds. The van der Waals surface area contributed by atoms with Crippen molar-refractivity contribution < 1.29 is 9.47 Å². The Morgan fingerprint density at radius 1 is 1.09 bits per heavy atom. The Labute approximate surface area is 191 Å². The third-order valence-electron chi connectivity index (χ3n) is 6.13. The smallest absolute Gasteiger partial charge is 0.153 e. The van der Waals surface area contributed by atoms with Gasteiger partial charge in [0.25, 0.3) is 0 Å². The number of aromatic nitrogens is 5. The molecule has 4 aromatic heterocycles. The van der Waals surface area contributed by atoms with Gasteiger partial charge in [0.1, 0.15) is 11.9 Å². The summed E-state index contributed by atoms with van der Waals surface area (Å²) in [6, 6.07) is 10.8. The molecule has 6 rings (SSSR count). The summed E-state index contributed by atoms with van der Waals surface area (Å²) in [4.78, 5) is 4.51. The van der Waals surface area contributed by atoms with E-state index in [1.165, 1.54) is 0 Å². The first-order chi connectivity index (χ1) is 16.2. The molecule has 2 fully saturated rings. The standard InChI is InChI=1S/C24H25N7O2/c1-15-6-22(23(12-25-15)33-21-8-18-13-32-14-19(9-21)28-18)16-3-5-31-20(7-16)10-24(30-31)29-17-2-4-26-27-11-17/h2-7,10-12,18-19,21,28H,8-9,13-14H2,1H3,(H,26,29,30)/t18-,19+,21-. The van der Waals surface area contributed by atoms with Crippen LogP contribution in [0.4, 0.5) is 11.5 Å². The number of rotatable bonds is 5. The highest BCUT2D eigenvalue weighted by atomic mass is 16.5. The normalized spacial score (nSPS) is 22.3. The van der Waals surface area contributed by atoms with Gasteiger partial charge in [-0.1, -0.05) is 0 Å². The molecule has 0 spiro atoms. The number of nitrogens with one attached hydrogen (secondary N) is 2. The van der Waals surface area contributed by atoms with E-state index < -0.39 is 0 Å². The Morgan fingerprint density at radius 2 is 1.97 bits per heavy atom. The number of hydrogen-bond donors (Lipinski definition) is 2. The van der Waals surface area contributed by atoms with Crippen molar-refractivity contribution in [2.24, 2.45) is 0 Å². The molecule has 0 unspecified atom stereocenters. The Kier molecular flexibility index (Phi) is 5.12. The zero-order valence-corrected chi connectivity index (χ0v) is 18.3. The summed E-state index contributed by atoms with van der Waals surface area (Å²) < 4.78 is 14.0. The molecule has 2 bridgehead atoms. The van der Waals surface area contributed by atoms with Gasteiger partial charge in [0, 0.05) is 48.4 Å². The minimum atomic E-state index is 0.150. The maximum Gasteiger partial charge on any atom is 0.153 e. The van der Waals surface area contributed by atoms with Crippen molar-refractivity contribution in [3.63, 3.8) is 0 Å². The van der Waals surface area contributed by atoms with E-state index in [1.807, 2.05) is 36.0 Å². The average molecular weight is 444 g/mol. The molecule has 3 atom stereocenters. The van der Waals surface area contributed by atoms with Crippen LogP contribution in [0.2, 0.25) is 0 Å². The summed E-state index contributed by atoms with van der Waals surface area (Å²) in [5.74, 6) is 1.56. The van der Waals surface area contributed by atoms with Gasteiger partial charge < -0.3 is 20.1 Å². The third-order valence-corrected chi connectivity index (χ3v) is 6.13. The fourth-order valence-electron chi connectivity index (χ4n) is 4.66. The summed E-state index contributed by atoms with van der Waals surface area (Å²) in [6.07, 6.45) is 9.15. The maximum absolute atomic E-state index is 6.52. The predicted octanol–water partition coefficient (Wildman–Crippen LogP) is 3.14. The number of morpholine rings is 1. The summed E-state index contributed by atoms with van der Waals surface area (Å²) >= 11 is 0. The highest BCUT2D eigenvalue weighted by Crippen LogP contribution is 2.34. The second-order valence-corrected chi connectivity index (χ2v) is 8.70. The van der Waals surface area contributed by atoms with Gasteiger partial charge in [-0.05, 0) is 36.8 Å². The lowest BCUT2D eigenvalue weighted by Crippen LogP contribution is -2.56. The Morgan fingerprint density at radius 3 is 2.79 bits per heavy atom. The molecule has 9 heteroatoms. The largest absolute Gasteiger partial charge is 0.488 e. The molecular formula is C24H25N7O2. The van der Waals surface area contributed by atoms with Crippen molar-refractivity contribution in [1.82, 2.24) is 30.1 Å². The number of ether oxygens (including phenoxy) is 2. The fourth-order valence-corrected chi connectivity index (χ4v) is 4.66. The lowest BCUT2D eigenvalue weighted by molar-refractivity contribution is -0.0122. The van der Waals surface area contributed by atoms with Crippen molar-refractivity contribution in [3.05, 3.63) is 60.8 Å². The van der Waals surface area contributed by atoms with Crippen LogP contribution in [0.25, 0.3) is 16.6 Å². The first-order valence-corrected chi connectivity index (χ1v) is 11.2. The van der Waals surface area contributed by atoms with Crippen LogP contribution in [-0.2, 0) is 4.74 Å². The van der Waals surface area contributed by atoms with E-state index in [-0.39, 0.29) is 6.10 Å². The summed E-state index contributed by atoms with van der Waals surface area (Å²) in [6.45, 7) is 3.50. The van der Waals surface area contributed by atoms with Gasteiger partial charge in [-0.2, -0.15) is 15.3 Å². The zero-order valence-electron chi connectivity index (χ0n) is 18.3. The van der Waals surface area contributed by atoms with Crippen molar-refractivity contribution in [2.75, 3.05) is 18.5 Å². The molecule has 4 aromatic rings. The number of hydrogen-bond acceptors (Lipinski definition) is 8. The van der Waals surface area contributed by atoms with Crippen LogP contribution >= 0.6 is 0 Å². The third kappa shape index (κ3) is 4.24. The van der Waals surface area contributed by atoms with Gasteiger partial charge in [-0.25, -0.2) is 4.52 Å². The second kappa shape index (κ2) is 8.42. The van der Waals surface area contributed by atoms with Gasteiger partial charge in [0.15, 0.2) is 5.82 Å². The van der Waals surface area contributed by atoms with Gasteiger partial charge in [0.2, 0.25) is 0 Å². The molecule has 6 heterocycles. The number of pyridine rings is 2. The van der Waals surface area contributed by atoms with Crippen LogP contribution in [0.3, 0.4) is 0 Å². The van der Waals surface area contributed by atoms with Gasteiger partial charge >= 0.3 is 0 Å². The van der Waals surface area contributed by atoms with Gasteiger partial charge in [-0.3, -0.25) is 4.98 Å². The molecule has 0 aromatic carbocycles. The SMILES string of the molecule is Cc1cc(-c2ccn3nc(Nc4ccnnc4)cc3c2)c(O[C@H]2C[C@H]3COC[C@@H](C2)N3)cn1. The van der Waals surface area contributed by atoms with E-state index >= 15 is 0 Å². The maximum atomic E-state index is 6.52. The van der Waals surface area contributed by atoms with Crippen LogP contribution in [0, 0.1) is 6.92 Å². The fraction of sp³-hybridized carbons (Fsp3) is 0.333. The molecule has 0 radical (unpaired) electrons. The van der Waals surface area contributed by atoms with Crippen molar-refractivity contribution in [3.8, 4) is 16.9 Å². The number of anilines is 2. The van der Waals surface area contributed by atoms with E-state index in [0.29, 0.717) is 12.1 Å². The van der Waals surface area contributed by atoms with Gasteiger partial charge in [0.05, 0.1) is 43.0 Å². The molecule has 2 saturated heterocycles. The number of piperidine rings is 1. The van der Waals surface area contributed by atoms with Crippen molar-refractivity contribution in [1.29, 1.82) is 0 Å². The summed E-state index contributed by atoms with van der Waals surface area (Å²) in [5.41, 5.74) is 4.88. The van der Waals surface area contributed by atoms with E-state index in [4.69, 9.17) is 9.47 Å². The van der Waals surface area contributed by atoms with Crippen LogP contribution in [0.1, 0.15) is 18.5 Å². The quantitative estimate of drug-likeness (QED) is 0.485. The molecule has 2 aliphatic heterocycles. The second-order valence-electron chi connectivity index (χ2n) is 8.70. The Balaban J connectivity index is 1.29.